The molecular formula is C10H14F2O. The molecule has 1 aromatic carbocycles. The van der Waals surface area contributed by atoms with Gasteiger partial charge in [0.2, 0.25) is 0 Å². The summed E-state index contributed by atoms with van der Waals surface area (Å²) in [6.07, 6.45) is -2.51. The van der Waals surface area contributed by atoms with Gasteiger partial charge in [-0.25, -0.2) is 8.78 Å². The highest BCUT2D eigenvalue weighted by Gasteiger charge is 2.10. The van der Waals surface area contributed by atoms with Crippen molar-refractivity contribution in [1.82, 2.24) is 0 Å². The van der Waals surface area contributed by atoms with Crippen LogP contribution in [0, 0.1) is 6.92 Å². The van der Waals surface area contributed by atoms with E-state index in [1.54, 1.807) is 6.92 Å². The lowest BCUT2D eigenvalue weighted by Gasteiger charge is -2.03. The number of benzene rings is 1. The predicted molar refractivity (Wildman–Crippen MR) is 49.1 cm³/mol. The Morgan fingerprint density at radius 2 is 1.77 bits per heavy atom. The lowest BCUT2D eigenvalue weighted by molar-refractivity contribution is 0.150. The molecule has 13 heavy (non-hydrogen) atoms. The standard InChI is InChI=1S/C8H8F2O.C2H6/c1-5-2-3-6(11)4-7(5)8(9)10;1-2/h2-4,8,11H,1H3;1-2H3. The number of hydrogen-bond acceptors (Lipinski definition) is 1. The summed E-state index contributed by atoms with van der Waals surface area (Å²) < 4.78 is 24.2. The number of rotatable bonds is 1. The maximum atomic E-state index is 12.1. The molecule has 0 aliphatic rings. The molecule has 0 atom stereocenters. The number of phenols is 1. The first-order valence-electron chi connectivity index (χ1n) is 4.19. The van der Waals surface area contributed by atoms with E-state index in [4.69, 9.17) is 5.11 Å². The second-order valence-corrected chi connectivity index (χ2v) is 2.34. The Bertz CT molecular complexity index is 259. The van der Waals surface area contributed by atoms with Crippen LogP contribution < -0.4 is 0 Å². The molecule has 3 heteroatoms. The van der Waals surface area contributed by atoms with Gasteiger partial charge in [0, 0.05) is 5.56 Å². The third kappa shape index (κ3) is 3.40. The van der Waals surface area contributed by atoms with Crippen molar-refractivity contribution in [3.63, 3.8) is 0 Å². The van der Waals surface area contributed by atoms with Gasteiger partial charge in [0.25, 0.3) is 6.43 Å². The van der Waals surface area contributed by atoms with Gasteiger partial charge in [0.1, 0.15) is 5.75 Å². The van der Waals surface area contributed by atoms with Crippen molar-refractivity contribution >= 4 is 0 Å². The van der Waals surface area contributed by atoms with Crippen LogP contribution >= 0.6 is 0 Å². The Morgan fingerprint density at radius 1 is 1.23 bits per heavy atom. The van der Waals surface area contributed by atoms with Gasteiger partial charge in [0.05, 0.1) is 0 Å². The van der Waals surface area contributed by atoms with E-state index >= 15 is 0 Å². The lowest BCUT2D eigenvalue weighted by atomic mass is 10.1. The summed E-state index contributed by atoms with van der Waals surface area (Å²) in [6.45, 7) is 5.58. The molecule has 1 rings (SSSR count). The molecule has 0 fully saturated rings. The van der Waals surface area contributed by atoms with Crippen LogP contribution in [0.5, 0.6) is 5.75 Å². The van der Waals surface area contributed by atoms with Crippen molar-refractivity contribution < 1.29 is 13.9 Å². The zero-order chi connectivity index (χ0) is 10.4. The van der Waals surface area contributed by atoms with Crippen LogP contribution in [0.1, 0.15) is 31.4 Å². The van der Waals surface area contributed by atoms with E-state index < -0.39 is 6.43 Å². The first-order chi connectivity index (χ1) is 6.11. The molecule has 0 aromatic heterocycles. The molecule has 0 unspecified atom stereocenters. The Morgan fingerprint density at radius 3 is 2.15 bits per heavy atom. The summed E-state index contributed by atoms with van der Waals surface area (Å²) in [7, 11) is 0. The maximum absolute atomic E-state index is 12.1. The average Bonchev–Trinajstić information content (AvgIpc) is 2.12. The molecule has 0 aliphatic carbocycles. The third-order valence-electron chi connectivity index (χ3n) is 1.50. The lowest BCUT2D eigenvalue weighted by Crippen LogP contribution is -1.87. The highest BCUT2D eigenvalue weighted by molar-refractivity contribution is 5.34. The summed E-state index contributed by atoms with van der Waals surface area (Å²) in [5.41, 5.74) is 0.391. The minimum absolute atomic E-state index is 0.106. The Kier molecular flexibility index (Phi) is 5.04. The quantitative estimate of drug-likeness (QED) is 0.713. The highest BCUT2D eigenvalue weighted by atomic mass is 19.3. The van der Waals surface area contributed by atoms with Gasteiger partial charge in [-0.15, -0.1) is 0 Å². The molecule has 1 nitrogen and oxygen atoms in total. The molecule has 0 saturated carbocycles. The van der Waals surface area contributed by atoms with Crippen LogP contribution in [0.3, 0.4) is 0 Å². The van der Waals surface area contributed by atoms with E-state index in [0.29, 0.717) is 5.56 Å². The SMILES string of the molecule is CC.Cc1ccc(O)cc1C(F)F. The Balaban J connectivity index is 0.000000671. The van der Waals surface area contributed by atoms with Gasteiger partial charge in [-0.05, 0) is 24.6 Å². The van der Waals surface area contributed by atoms with Crippen molar-refractivity contribution in [3.8, 4) is 5.75 Å². The van der Waals surface area contributed by atoms with Crippen LogP contribution in [0.4, 0.5) is 8.78 Å². The van der Waals surface area contributed by atoms with Gasteiger partial charge in [0.15, 0.2) is 0 Å². The molecule has 0 radical (unpaired) electrons. The molecule has 0 aliphatic heterocycles. The summed E-state index contributed by atoms with van der Waals surface area (Å²) in [4.78, 5) is 0. The number of phenolic OH excluding ortho intramolecular Hbond substituents is 1. The molecule has 74 valence electrons. The molecule has 0 heterocycles. The summed E-state index contributed by atoms with van der Waals surface area (Å²) in [5, 5.41) is 8.85. The first kappa shape index (κ1) is 11.9. The summed E-state index contributed by atoms with van der Waals surface area (Å²) in [5.74, 6) is -0.120. The van der Waals surface area contributed by atoms with E-state index in [2.05, 4.69) is 0 Å². The molecule has 0 spiro atoms. The van der Waals surface area contributed by atoms with Crippen LogP contribution in [-0.2, 0) is 0 Å². The normalized spacial score (nSPS) is 9.38. The van der Waals surface area contributed by atoms with E-state index in [-0.39, 0.29) is 11.3 Å². The second-order valence-electron chi connectivity index (χ2n) is 2.34. The fraction of sp³-hybridized carbons (Fsp3) is 0.400. The molecule has 1 aromatic rings. The largest absolute Gasteiger partial charge is 0.508 e. The summed E-state index contributed by atoms with van der Waals surface area (Å²) in [6, 6.07) is 3.94. The molecular weight excluding hydrogens is 174 g/mol. The van der Waals surface area contributed by atoms with Gasteiger partial charge in [-0.3, -0.25) is 0 Å². The van der Waals surface area contributed by atoms with Crippen molar-refractivity contribution in [2.45, 2.75) is 27.2 Å². The maximum Gasteiger partial charge on any atom is 0.264 e. The minimum atomic E-state index is -2.51. The Hall–Kier alpha value is -1.12. The molecule has 1 N–H and O–H groups in total. The zero-order valence-corrected chi connectivity index (χ0v) is 8.01. The number of halogens is 2. The predicted octanol–water partition coefficient (Wildman–Crippen LogP) is 3.66. The monoisotopic (exact) mass is 188 g/mol. The molecule has 0 amide bonds. The van der Waals surface area contributed by atoms with Gasteiger partial charge in [-0.1, -0.05) is 19.9 Å². The molecule has 0 saturated heterocycles. The Labute approximate surface area is 77.0 Å². The van der Waals surface area contributed by atoms with Crippen molar-refractivity contribution in [2.24, 2.45) is 0 Å². The van der Waals surface area contributed by atoms with Crippen LogP contribution in [0.15, 0.2) is 18.2 Å². The van der Waals surface area contributed by atoms with E-state index in [1.807, 2.05) is 13.8 Å². The second kappa shape index (κ2) is 5.51. The molecule has 0 bridgehead atoms. The number of hydrogen-bond donors (Lipinski definition) is 1. The number of alkyl halides is 2. The van der Waals surface area contributed by atoms with Crippen molar-refractivity contribution in [2.75, 3.05) is 0 Å². The topological polar surface area (TPSA) is 20.2 Å². The van der Waals surface area contributed by atoms with Crippen molar-refractivity contribution in [1.29, 1.82) is 0 Å². The zero-order valence-electron chi connectivity index (χ0n) is 8.01. The third-order valence-corrected chi connectivity index (χ3v) is 1.50. The van der Waals surface area contributed by atoms with Gasteiger partial charge in [-0.2, -0.15) is 0 Å². The number of aromatic hydroxyl groups is 1. The van der Waals surface area contributed by atoms with Crippen LogP contribution in [0.25, 0.3) is 0 Å². The van der Waals surface area contributed by atoms with Gasteiger partial charge < -0.3 is 5.11 Å². The van der Waals surface area contributed by atoms with E-state index in [1.165, 1.54) is 12.1 Å². The van der Waals surface area contributed by atoms with Crippen molar-refractivity contribution in [3.05, 3.63) is 29.3 Å². The number of aryl methyl sites for hydroxylation is 1. The fourth-order valence-corrected chi connectivity index (χ4v) is 0.863. The van der Waals surface area contributed by atoms with Crippen LogP contribution in [0.2, 0.25) is 0 Å². The smallest absolute Gasteiger partial charge is 0.264 e. The van der Waals surface area contributed by atoms with E-state index in [0.717, 1.165) is 6.07 Å². The highest BCUT2D eigenvalue weighted by Crippen LogP contribution is 2.25. The fourth-order valence-electron chi connectivity index (χ4n) is 0.863. The summed E-state index contributed by atoms with van der Waals surface area (Å²) >= 11 is 0. The first-order valence-corrected chi connectivity index (χ1v) is 4.19. The van der Waals surface area contributed by atoms with Crippen LogP contribution in [-0.4, -0.2) is 5.11 Å². The van der Waals surface area contributed by atoms with E-state index in [9.17, 15) is 8.78 Å². The van der Waals surface area contributed by atoms with Gasteiger partial charge >= 0.3 is 0 Å². The minimum Gasteiger partial charge on any atom is -0.508 e. The average molecular weight is 188 g/mol.